The number of hydrogen-bond donors (Lipinski definition) is 1. The molecular weight excluding hydrogens is 182 g/mol. The first-order chi connectivity index (χ1) is 6.66. The third-order valence-electron chi connectivity index (χ3n) is 3.27. The van der Waals surface area contributed by atoms with E-state index >= 15 is 0 Å². The van der Waals surface area contributed by atoms with Gasteiger partial charge < -0.3 is 10.1 Å². The molecular formula is C10H15NO3. The molecule has 1 amide bonds. The summed E-state index contributed by atoms with van der Waals surface area (Å²) in [7, 11) is 1.66. The predicted molar refractivity (Wildman–Crippen MR) is 49.8 cm³/mol. The van der Waals surface area contributed by atoms with Gasteiger partial charge >= 0.3 is 0 Å². The summed E-state index contributed by atoms with van der Waals surface area (Å²) in [6.07, 6.45) is 3.53. The zero-order valence-electron chi connectivity index (χ0n) is 8.34. The second kappa shape index (κ2) is 3.35. The standard InChI is InChI=1S/C10H15NO3/c1-14-7-3-2-4-10(6-7)8(12)5-9(13)11-10/h7H,2-6H2,1H3,(H,11,13). The van der Waals surface area contributed by atoms with E-state index in [0.29, 0.717) is 6.42 Å². The molecule has 1 spiro atoms. The molecule has 0 aromatic carbocycles. The third-order valence-corrected chi connectivity index (χ3v) is 3.27. The fourth-order valence-electron chi connectivity index (χ4n) is 2.49. The number of ether oxygens (including phenoxy) is 1. The minimum atomic E-state index is -0.587. The van der Waals surface area contributed by atoms with Crippen LogP contribution in [0.4, 0.5) is 0 Å². The normalized spacial score (nSPS) is 37.6. The lowest BCUT2D eigenvalue weighted by Gasteiger charge is -2.35. The molecule has 2 rings (SSSR count). The number of Topliss-reactive ketones (excluding diaryl/α,β-unsaturated/α-hetero) is 1. The summed E-state index contributed by atoms with van der Waals surface area (Å²) in [5, 5.41) is 2.81. The monoisotopic (exact) mass is 197 g/mol. The zero-order valence-corrected chi connectivity index (χ0v) is 8.34. The van der Waals surface area contributed by atoms with Crippen LogP contribution in [0.2, 0.25) is 0 Å². The predicted octanol–water partition coefficient (Wildman–Crippen LogP) is 0.403. The second-order valence-corrected chi connectivity index (χ2v) is 4.18. The van der Waals surface area contributed by atoms with Gasteiger partial charge in [0, 0.05) is 13.5 Å². The molecule has 4 nitrogen and oxygen atoms in total. The molecule has 2 unspecified atom stereocenters. The van der Waals surface area contributed by atoms with E-state index in [1.54, 1.807) is 7.11 Å². The first-order valence-corrected chi connectivity index (χ1v) is 5.03. The van der Waals surface area contributed by atoms with E-state index in [0.717, 1.165) is 19.3 Å². The lowest BCUT2D eigenvalue weighted by molar-refractivity contribution is -0.125. The van der Waals surface area contributed by atoms with Crippen LogP contribution in [-0.2, 0) is 14.3 Å². The maximum Gasteiger partial charge on any atom is 0.228 e. The first-order valence-electron chi connectivity index (χ1n) is 5.03. The van der Waals surface area contributed by atoms with Crippen LogP contribution < -0.4 is 5.32 Å². The average Bonchev–Trinajstić information content (AvgIpc) is 2.42. The quantitative estimate of drug-likeness (QED) is 0.619. The van der Waals surface area contributed by atoms with Gasteiger partial charge in [0.1, 0.15) is 5.54 Å². The number of amides is 1. The van der Waals surface area contributed by atoms with E-state index in [1.807, 2.05) is 0 Å². The summed E-state index contributed by atoms with van der Waals surface area (Å²) in [5.41, 5.74) is -0.587. The Morgan fingerprint density at radius 1 is 1.50 bits per heavy atom. The van der Waals surface area contributed by atoms with Crippen molar-refractivity contribution in [2.45, 2.75) is 43.7 Å². The highest BCUT2D eigenvalue weighted by atomic mass is 16.5. The van der Waals surface area contributed by atoms with E-state index in [-0.39, 0.29) is 24.2 Å². The van der Waals surface area contributed by atoms with Gasteiger partial charge in [0.15, 0.2) is 5.78 Å². The molecule has 2 fully saturated rings. The van der Waals surface area contributed by atoms with Gasteiger partial charge in [0.2, 0.25) is 5.91 Å². The summed E-state index contributed by atoms with van der Waals surface area (Å²) < 4.78 is 5.26. The molecule has 1 saturated heterocycles. The van der Waals surface area contributed by atoms with Gasteiger partial charge in [-0.2, -0.15) is 0 Å². The van der Waals surface area contributed by atoms with Gasteiger partial charge in [-0.1, -0.05) is 0 Å². The molecule has 2 aliphatic rings. The molecule has 0 bridgehead atoms. The van der Waals surface area contributed by atoms with E-state index in [2.05, 4.69) is 5.32 Å². The van der Waals surface area contributed by atoms with Crippen molar-refractivity contribution in [2.75, 3.05) is 7.11 Å². The highest BCUT2D eigenvalue weighted by molar-refractivity contribution is 6.10. The van der Waals surface area contributed by atoms with Crippen LogP contribution in [0.1, 0.15) is 32.1 Å². The molecule has 0 aromatic heterocycles. The molecule has 0 radical (unpaired) electrons. The molecule has 78 valence electrons. The molecule has 1 N–H and O–H groups in total. The van der Waals surface area contributed by atoms with Gasteiger partial charge in [0.25, 0.3) is 0 Å². The van der Waals surface area contributed by atoms with Gasteiger partial charge in [-0.15, -0.1) is 0 Å². The maximum atomic E-state index is 11.7. The fraction of sp³-hybridized carbons (Fsp3) is 0.800. The van der Waals surface area contributed by atoms with Crippen LogP contribution in [0.25, 0.3) is 0 Å². The molecule has 14 heavy (non-hydrogen) atoms. The number of nitrogens with one attached hydrogen (secondary N) is 1. The van der Waals surface area contributed by atoms with E-state index < -0.39 is 5.54 Å². The maximum absolute atomic E-state index is 11.7. The largest absolute Gasteiger partial charge is 0.381 e. The summed E-state index contributed by atoms with van der Waals surface area (Å²) in [6.45, 7) is 0. The Morgan fingerprint density at radius 3 is 2.86 bits per heavy atom. The Balaban J connectivity index is 2.15. The Labute approximate surface area is 83.0 Å². The Kier molecular flexibility index (Phi) is 2.31. The average molecular weight is 197 g/mol. The SMILES string of the molecule is COC1CCCC2(C1)NC(=O)CC2=O. The second-order valence-electron chi connectivity index (χ2n) is 4.18. The van der Waals surface area contributed by atoms with Gasteiger partial charge in [-0.25, -0.2) is 0 Å². The van der Waals surface area contributed by atoms with Crippen molar-refractivity contribution >= 4 is 11.7 Å². The summed E-state index contributed by atoms with van der Waals surface area (Å²) >= 11 is 0. The number of hydrogen-bond acceptors (Lipinski definition) is 3. The summed E-state index contributed by atoms with van der Waals surface area (Å²) in [4.78, 5) is 22.8. The van der Waals surface area contributed by atoms with Crippen LogP contribution in [0.15, 0.2) is 0 Å². The zero-order chi connectivity index (χ0) is 10.2. The van der Waals surface area contributed by atoms with Gasteiger partial charge in [-0.05, 0) is 19.3 Å². The summed E-state index contributed by atoms with van der Waals surface area (Å²) in [6, 6.07) is 0. The van der Waals surface area contributed by atoms with Crippen molar-refractivity contribution in [1.82, 2.24) is 5.32 Å². The smallest absolute Gasteiger partial charge is 0.228 e. The highest BCUT2D eigenvalue weighted by Gasteiger charge is 2.48. The fourth-order valence-corrected chi connectivity index (χ4v) is 2.49. The van der Waals surface area contributed by atoms with E-state index in [9.17, 15) is 9.59 Å². The van der Waals surface area contributed by atoms with Crippen molar-refractivity contribution in [2.24, 2.45) is 0 Å². The van der Waals surface area contributed by atoms with Crippen molar-refractivity contribution in [3.05, 3.63) is 0 Å². The van der Waals surface area contributed by atoms with Crippen molar-refractivity contribution in [3.8, 4) is 0 Å². The van der Waals surface area contributed by atoms with Crippen molar-refractivity contribution < 1.29 is 14.3 Å². The first kappa shape index (κ1) is 9.65. The van der Waals surface area contributed by atoms with Gasteiger partial charge in [-0.3, -0.25) is 9.59 Å². The number of ketones is 1. The Morgan fingerprint density at radius 2 is 2.29 bits per heavy atom. The molecule has 1 heterocycles. The lowest BCUT2D eigenvalue weighted by Crippen LogP contribution is -2.51. The van der Waals surface area contributed by atoms with Crippen LogP contribution in [0, 0.1) is 0 Å². The van der Waals surface area contributed by atoms with Crippen LogP contribution in [0.3, 0.4) is 0 Å². The van der Waals surface area contributed by atoms with E-state index in [4.69, 9.17) is 4.74 Å². The Hall–Kier alpha value is -0.900. The molecule has 0 aromatic rings. The van der Waals surface area contributed by atoms with E-state index in [1.165, 1.54) is 0 Å². The Bertz CT molecular complexity index is 277. The number of carbonyl (C=O) groups is 2. The minimum Gasteiger partial charge on any atom is -0.381 e. The van der Waals surface area contributed by atoms with Crippen LogP contribution in [0.5, 0.6) is 0 Å². The molecule has 1 aliphatic carbocycles. The number of methoxy groups -OCH3 is 1. The molecule has 1 aliphatic heterocycles. The molecule has 2 atom stereocenters. The van der Waals surface area contributed by atoms with Crippen molar-refractivity contribution in [3.63, 3.8) is 0 Å². The topological polar surface area (TPSA) is 55.4 Å². The summed E-state index contributed by atoms with van der Waals surface area (Å²) in [5.74, 6) is -0.0870. The lowest BCUT2D eigenvalue weighted by atomic mass is 9.78. The van der Waals surface area contributed by atoms with Gasteiger partial charge in [0.05, 0.1) is 12.5 Å². The van der Waals surface area contributed by atoms with Crippen molar-refractivity contribution in [1.29, 1.82) is 0 Å². The highest BCUT2D eigenvalue weighted by Crippen LogP contribution is 2.34. The third kappa shape index (κ3) is 1.43. The number of carbonyl (C=O) groups excluding carboxylic acids is 2. The molecule has 1 saturated carbocycles. The minimum absolute atomic E-state index is 0.0456. The number of rotatable bonds is 1. The molecule has 4 heteroatoms. The van der Waals surface area contributed by atoms with Crippen LogP contribution >= 0.6 is 0 Å². The van der Waals surface area contributed by atoms with Crippen LogP contribution in [-0.4, -0.2) is 30.4 Å².